The lowest BCUT2D eigenvalue weighted by molar-refractivity contribution is -0.152. The first kappa shape index (κ1) is 12.3. The molecule has 15 heavy (non-hydrogen) atoms. The quantitative estimate of drug-likeness (QED) is 0.704. The number of aliphatic carboxylic acids is 1. The van der Waals surface area contributed by atoms with Crippen LogP contribution in [0.2, 0.25) is 0 Å². The Morgan fingerprint density at radius 1 is 1.67 bits per heavy atom. The van der Waals surface area contributed by atoms with Gasteiger partial charge in [-0.25, -0.2) is 0 Å². The van der Waals surface area contributed by atoms with Crippen LogP contribution in [0.5, 0.6) is 0 Å². The molecule has 2 atom stereocenters. The van der Waals surface area contributed by atoms with Gasteiger partial charge in [0.2, 0.25) is 0 Å². The van der Waals surface area contributed by atoms with Gasteiger partial charge in [-0.2, -0.15) is 0 Å². The van der Waals surface area contributed by atoms with Gasteiger partial charge in [0, 0.05) is 0 Å². The van der Waals surface area contributed by atoms with E-state index in [-0.39, 0.29) is 0 Å². The van der Waals surface area contributed by atoms with Crippen molar-refractivity contribution in [1.82, 2.24) is 0 Å². The SMILES string of the molecule is C=CCCC1(C(=O)O)CCCC(CC)C1. The predicted molar refractivity (Wildman–Crippen MR) is 61.7 cm³/mol. The Bertz CT molecular complexity index is 235. The summed E-state index contributed by atoms with van der Waals surface area (Å²) in [7, 11) is 0. The van der Waals surface area contributed by atoms with E-state index < -0.39 is 11.4 Å². The fourth-order valence-electron chi connectivity index (χ4n) is 2.74. The van der Waals surface area contributed by atoms with Crippen molar-refractivity contribution in [3.63, 3.8) is 0 Å². The Morgan fingerprint density at radius 3 is 2.93 bits per heavy atom. The van der Waals surface area contributed by atoms with E-state index in [9.17, 15) is 9.90 Å². The van der Waals surface area contributed by atoms with E-state index in [1.54, 1.807) is 0 Å². The monoisotopic (exact) mass is 210 g/mol. The molecule has 1 rings (SSSR count). The molecule has 0 spiro atoms. The summed E-state index contributed by atoms with van der Waals surface area (Å²) in [6.45, 7) is 5.84. The van der Waals surface area contributed by atoms with Crippen LogP contribution in [0.1, 0.15) is 51.9 Å². The molecule has 1 saturated carbocycles. The molecular formula is C13H22O2. The summed E-state index contributed by atoms with van der Waals surface area (Å²) < 4.78 is 0. The van der Waals surface area contributed by atoms with Gasteiger partial charge in [0.15, 0.2) is 0 Å². The highest BCUT2D eigenvalue weighted by atomic mass is 16.4. The van der Waals surface area contributed by atoms with Gasteiger partial charge in [-0.3, -0.25) is 4.79 Å². The first-order valence-corrected chi connectivity index (χ1v) is 5.99. The molecule has 2 unspecified atom stereocenters. The first-order valence-electron chi connectivity index (χ1n) is 5.99. The maximum absolute atomic E-state index is 11.4. The summed E-state index contributed by atoms with van der Waals surface area (Å²) in [5, 5.41) is 9.39. The molecule has 0 aromatic rings. The number of carboxylic acid groups (broad SMARTS) is 1. The molecule has 0 amide bonds. The van der Waals surface area contributed by atoms with Crippen molar-refractivity contribution in [2.24, 2.45) is 11.3 Å². The van der Waals surface area contributed by atoms with E-state index in [2.05, 4.69) is 13.5 Å². The van der Waals surface area contributed by atoms with Crippen LogP contribution in [0.25, 0.3) is 0 Å². The van der Waals surface area contributed by atoms with E-state index >= 15 is 0 Å². The smallest absolute Gasteiger partial charge is 0.309 e. The normalized spacial score (nSPS) is 31.1. The third kappa shape index (κ3) is 2.83. The average molecular weight is 210 g/mol. The topological polar surface area (TPSA) is 37.3 Å². The summed E-state index contributed by atoms with van der Waals surface area (Å²) in [4.78, 5) is 11.4. The molecule has 0 heterocycles. The minimum absolute atomic E-state index is 0.451. The molecule has 1 aliphatic carbocycles. The van der Waals surface area contributed by atoms with E-state index in [0.29, 0.717) is 5.92 Å². The van der Waals surface area contributed by atoms with Gasteiger partial charge in [-0.1, -0.05) is 32.3 Å². The summed E-state index contributed by atoms with van der Waals surface area (Å²) in [6, 6.07) is 0. The average Bonchev–Trinajstić information content (AvgIpc) is 2.26. The highest BCUT2D eigenvalue weighted by Gasteiger charge is 2.41. The predicted octanol–water partition coefficient (Wildman–Crippen LogP) is 3.62. The highest BCUT2D eigenvalue weighted by molar-refractivity contribution is 5.74. The third-order valence-electron chi connectivity index (χ3n) is 3.81. The zero-order valence-corrected chi connectivity index (χ0v) is 9.67. The molecule has 0 aliphatic heterocycles. The number of hydrogen-bond donors (Lipinski definition) is 1. The minimum atomic E-state index is -0.595. The van der Waals surface area contributed by atoms with Gasteiger partial charge >= 0.3 is 5.97 Å². The fraction of sp³-hybridized carbons (Fsp3) is 0.769. The zero-order chi connectivity index (χ0) is 11.3. The first-order chi connectivity index (χ1) is 7.14. The molecule has 2 heteroatoms. The molecule has 1 N–H and O–H groups in total. The molecule has 86 valence electrons. The molecular weight excluding hydrogens is 188 g/mol. The third-order valence-corrected chi connectivity index (χ3v) is 3.81. The second-order valence-corrected chi connectivity index (χ2v) is 4.78. The molecule has 0 saturated heterocycles. The van der Waals surface area contributed by atoms with E-state index in [1.807, 2.05) is 6.08 Å². The van der Waals surface area contributed by atoms with Crippen molar-refractivity contribution in [3.05, 3.63) is 12.7 Å². The lowest BCUT2D eigenvalue weighted by Gasteiger charge is -2.37. The fourth-order valence-corrected chi connectivity index (χ4v) is 2.74. The van der Waals surface area contributed by atoms with Gasteiger partial charge < -0.3 is 5.11 Å². The van der Waals surface area contributed by atoms with Crippen LogP contribution in [0.15, 0.2) is 12.7 Å². The van der Waals surface area contributed by atoms with E-state index in [1.165, 1.54) is 6.42 Å². The zero-order valence-electron chi connectivity index (χ0n) is 9.67. The van der Waals surface area contributed by atoms with Gasteiger partial charge in [0.05, 0.1) is 5.41 Å². The Hall–Kier alpha value is -0.790. The Labute approximate surface area is 92.4 Å². The summed E-state index contributed by atoms with van der Waals surface area (Å²) in [5.74, 6) is 0.0159. The number of carboxylic acids is 1. The maximum atomic E-state index is 11.4. The van der Waals surface area contributed by atoms with Crippen LogP contribution in [0.3, 0.4) is 0 Å². The Morgan fingerprint density at radius 2 is 2.40 bits per heavy atom. The van der Waals surface area contributed by atoms with E-state index in [0.717, 1.165) is 38.5 Å². The van der Waals surface area contributed by atoms with Gasteiger partial charge in [-0.15, -0.1) is 6.58 Å². The number of allylic oxidation sites excluding steroid dienone is 1. The van der Waals surface area contributed by atoms with Crippen LogP contribution in [-0.4, -0.2) is 11.1 Å². The summed E-state index contributed by atoms with van der Waals surface area (Å²) in [6.07, 6.45) is 8.54. The molecule has 0 aromatic carbocycles. The van der Waals surface area contributed by atoms with Crippen molar-refractivity contribution in [2.75, 3.05) is 0 Å². The highest BCUT2D eigenvalue weighted by Crippen LogP contribution is 2.44. The molecule has 2 nitrogen and oxygen atoms in total. The van der Waals surface area contributed by atoms with Gasteiger partial charge in [0.25, 0.3) is 0 Å². The lowest BCUT2D eigenvalue weighted by Crippen LogP contribution is -2.36. The van der Waals surface area contributed by atoms with Crippen LogP contribution >= 0.6 is 0 Å². The van der Waals surface area contributed by atoms with Crippen molar-refractivity contribution in [2.45, 2.75) is 51.9 Å². The van der Waals surface area contributed by atoms with Gasteiger partial charge in [0.1, 0.15) is 0 Å². The van der Waals surface area contributed by atoms with Crippen LogP contribution < -0.4 is 0 Å². The van der Waals surface area contributed by atoms with Crippen molar-refractivity contribution in [3.8, 4) is 0 Å². The number of hydrogen-bond acceptors (Lipinski definition) is 1. The maximum Gasteiger partial charge on any atom is 0.309 e. The largest absolute Gasteiger partial charge is 0.481 e. The van der Waals surface area contributed by atoms with Gasteiger partial charge in [-0.05, 0) is 31.6 Å². The standard InChI is InChI=1S/C13H22O2/c1-3-5-8-13(12(14)15)9-6-7-11(4-2)10-13/h3,11H,1,4-10H2,2H3,(H,14,15). The molecule has 1 aliphatic rings. The Kier molecular flexibility index (Phi) is 4.37. The molecule has 1 fully saturated rings. The van der Waals surface area contributed by atoms with Crippen LogP contribution in [0, 0.1) is 11.3 Å². The molecule has 0 bridgehead atoms. The summed E-state index contributed by atoms with van der Waals surface area (Å²) in [5.41, 5.74) is -0.451. The number of rotatable bonds is 5. The van der Waals surface area contributed by atoms with Crippen LogP contribution in [0.4, 0.5) is 0 Å². The summed E-state index contributed by atoms with van der Waals surface area (Å²) >= 11 is 0. The van der Waals surface area contributed by atoms with Crippen molar-refractivity contribution >= 4 is 5.97 Å². The van der Waals surface area contributed by atoms with E-state index in [4.69, 9.17) is 0 Å². The van der Waals surface area contributed by atoms with Crippen LogP contribution in [-0.2, 0) is 4.79 Å². The van der Waals surface area contributed by atoms with Crippen molar-refractivity contribution < 1.29 is 9.90 Å². The molecule has 0 radical (unpaired) electrons. The lowest BCUT2D eigenvalue weighted by atomic mass is 9.66. The Balaban J connectivity index is 2.70. The second kappa shape index (κ2) is 5.34. The minimum Gasteiger partial charge on any atom is -0.481 e. The number of carbonyl (C=O) groups is 1. The van der Waals surface area contributed by atoms with Crippen molar-refractivity contribution in [1.29, 1.82) is 0 Å². The molecule has 0 aromatic heterocycles. The second-order valence-electron chi connectivity index (χ2n) is 4.78.